The standard InChI is InChI=1S/C32H57NO6S/c1-3-5-7-9-11-13-14-15-16-17-19-21-23-25-27-31(35)32(36)33-29(28-40(37,38)39)30(34)26-24-22-20-18-12-10-8-6-4-2/h4,6,12-14,18,24,26,29-31,34-35H,3,5,7-11,15-17,19-23,25,27-28H2,1-2H3,(H,33,36)(H,37,38,39)/b6-4+,14-13-,18-12+,26-24+. The van der Waals surface area contributed by atoms with Crippen LogP contribution in [0.2, 0.25) is 0 Å². The lowest BCUT2D eigenvalue weighted by molar-refractivity contribution is -0.130. The highest BCUT2D eigenvalue weighted by molar-refractivity contribution is 7.85. The van der Waals surface area contributed by atoms with Crippen molar-refractivity contribution in [3.8, 4) is 0 Å². The number of aliphatic hydroxyl groups is 2. The van der Waals surface area contributed by atoms with Gasteiger partial charge in [-0.2, -0.15) is 8.42 Å². The summed E-state index contributed by atoms with van der Waals surface area (Å²) in [6, 6.07) is -1.25. The van der Waals surface area contributed by atoms with E-state index in [9.17, 15) is 28.0 Å². The highest BCUT2D eigenvalue weighted by Gasteiger charge is 2.27. The quantitative estimate of drug-likeness (QED) is 0.0495. The van der Waals surface area contributed by atoms with Gasteiger partial charge in [-0.25, -0.2) is 0 Å². The first-order valence-corrected chi connectivity index (χ1v) is 17.0. The van der Waals surface area contributed by atoms with Gasteiger partial charge < -0.3 is 15.5 Å². The topological polar surface area (TPSA) is 124 Å². The number of rotatable bonds is 26. The Balaban J connectivity index is 4.26. The number of carbonyl (C=O) groups excluding carboxylic acids is 1. The van der Waals surface area contributed by atoms with Crippen LogP contribution in [-0.2, 0) is 14.9 Å². The maximum atomic E-state index is 12.4. The molecule has 0 aromatic rings. The van der Waals surface area contributed by atoms with E-state index in [1.165, 1.54) is 51.0 Å². The maximum absolute atomic E-state index is 12.4. The first-order valence-electron chi connectivity index (χ1n) is 15.4. The molecule has 0 rings (SSSR count). The average molecular weight is 584 g/mol. The minimum atomic E-state index is -4.44. The Kier molecular flexibility index (Phi) is 25.0. The molecule has 0 aliphatic rings. The lowest BCUT2D eigenvalue weighted by atomic mass is 10.0. The Hall–Kier alpha value is -1.74. The molecule has 3 unspecified atom stereocenters. The number of carbonyl (C=O) groups is 1. The summed E-state index contributed by atoms with van der Waals surface area (Å²) in [7, 11) is -4.44. The van der Waals surface area contributed by atoms with E-state index in [4.69, 9.17) is 0 Å². The van der Waals surface area contributed by atoms with Gasteiger partial charge in [0.25, 0.3) is 10.1 Å². The first kappa shape index (κ1) is 38.3. The molecule has 0 aliphatic heterocycles. The third-order valence-electron chi connectivity index (χ3n) is 6.66. The van der Waals surface area contributed by atoms with E-state index in [-0.39, 0.29) is 6.42 Å². The number of unbranched alkanes of at least 4 members (excludes halogenated alkanes) is 12. The summed E-state index contributed by atoms with van der Waals surface area (Å²) in [6.45, 7) is 4.21. The predicted molar refractivity (Wildman–Crippen MR) is 167 cm³/mol. The van der Waals surface area contributed by atoms with Crippen molar-refractivity contribution in [3.05, 3.63) is 48.6 Å². The fraction of sp³-hybridized carbons (Fsp3) is 0.719. The van der Waals surface area contributed by atoms with Crippen molar-refractivity contribution in [1.29, 1.82) is 0 Å². The van der Waals surface area contributed by atoms with Crippen LogP contribution in [0.5, 0.6) is 0 Å². The van der Waals surface area contributed by atoms with Gasteiger partial charge in [0.2, 0.25) is 5.91 Å². The van der Waals surface area contributed by atoms with Crippen molar-refractivity contribution >= 4 is 16.0 Å². The number of aliphatic hydroxyl groups excluding tert-OH is 2. The van der Waals surface area contributed by atoms with Gasteiger partial charge in [-0.3, -0.25) is 9.35 Å². The molecular formula is C32H57NO6S. The first-order chi connectivity index (χ1) is 19.2. The van der Waals surface area contributed by atoms with Crippen molar-refractivity contribution in [3.63, 3.8) is 0 Å². The predicted octanol–water partition coefficient (Wildman–Crippen LogP) is 6.98. The Labute approximate surface area is 244 Å². The van der Waals surface area contributed by atoms with E-state index >= 15 is 0 Å². The number of hydrogen-bond donors (Lipinski definition) is 4. The SMILES string of the molecule is C/C=C/CC/C=C/CC/C=C/C(O)C(CS(=O)(=O)O)NC(=O)C(O)CCCCCCCC/C=C\CCCCCC. The van der Waals surface area contributed by atoms with Crippen LogP contribution < -0.4 is 5.32 Å². The van der Waals surface area contributed by atoms with Gasteiger partial charge in [0.1, 0.15) is 6.10 Å². The van der Waals surface area contributed by atoms with E-state index in [1.54, 1.807) is 6.08 Å². The number of allylic oxidation sites excluding steroid dienone is 7. The minimum Gasteiger partial charge on any atom is -0.387 e. The zero-order chi connectivity index (χ0) is 29.9. The smallest absolute Gasteiger partial charge is 0.267 e. The van der Waals surface area contributed by atoms with Gasteiger partial charge in [-0.05, 0) is 64.7 Å². The van der Waals surface area contributed by atoms with Crippen LogP contribution in [0.15, 0.2) is 48.6 Å². The molecule has 3 atom stereocenters. The Morgan fingerprint density at radius 2 is 1.23 bits per heavy atom. The summed E-state index contributed by atoms with van der Waals surface area (Å²) in [5.74, 6) is -1.58. The van der Waals surface area contributed by atoms with E-state index in [1.807, 2.05) is 19.1 Å². The summed E-state index contributed by atoms with van der Waals surface area (Å²) >= 11 is 0. The van der Waals surface area contributed by atoms with Crippen LogP contribution in [0.25, 0.3) is 0 Å². The van der Waals surface area contributed by atoms with E-state index in [2.05, 4.69) is 36.5 Å². The number of nitrogens with one attached hydrogen (secondary N) is 1. The fourth-order valence-corrected chi connectivity index (χ4v) is 4.99. The van der Waals surface area contributed by atoms with Gasteiger partial charge in [-0.1, -0.05) is 107 Å². The van der Waals surface area contributed by atoms with Crippen LogP contribution in [0, 0.1) is 0 Å². The molecule has 0 aliphatic carbocycles. The normalized spacial score (nSPS) is 15.0. The summed E-state index contributed by atoms with van der Waals surface area (Å²) in [4.78, 5) is 12.4. The minimum absolute atomic E-state index is 0.261. The van der Waals surface area contributed by atoms with E-state index in [0.717, 1.165) is 44.9 Å². The molecule has 0 saturated heterocycles. The molecule has 0 saturated carbocycles. The fourth-order valence-electron chi connectivity index (χ4n) is 4.25. The molecule has 40 heavy (non-hydrogen) atoms. The second-order valence-corrected chi connectivity index (χ2v) is 12.0. The number of hydrogen-bond acceptors (Lipinski definition) is 5. The Morgan fingerprint density at radius 1 is 0.725 bits per heavy atom. The highest BCUT2D eigenvalue weighted by atomic mass is 32.2. The van der Waals surface area contributed by atoms with Gasteiger partial charge in [0.05, 0.1) is 17.9 Å². The van der Waals surface area contributed by atoms with Crippen molar-refractivity contribution in [1.82, 2.24) is 5.32 Å². The molecule has 8 heteroatoms. The maximum Gasteiger partial charge on any atom is 0.267 e. The van der Waals surface area contributed by atoms with Gasteiger partial charge in [0.15, 0.2) is 0 Å². The van der Waals surface area contributed by atoms with Gasteiger partial charge in [0, 0.05) is 0 Å². The van der Waals surface area contributed by atoms with Crippen molar-refractivity contribution < 1.29 is 28.0 Å². The molecule has 0 aromatic heterocycles. The second-order valence-electron chi connectivity index (χ2n) is 10.5. The largest absolute Gasteiger partial charge is 0.387 e. The zero-order valence-electron chi connectivity index (χ0n) is 25.1. The average Bonchev–Trinajstić information content (AvgIpc) is 2.90. The molecule has 7 nitrogen and oxygen atoms in total. The molecule has 0 fully saturated rings. The number of amides is 1. The van der Waals surface area contributed by atoms with Crippen LogP contribution in [0.1, 0.15) is 123 Å². The summed E-state index contributed by atoms with van der Waals surface area (Å²) in [6.07, 6.45) is 30.5. The highest BCUT2D eigenvalue weighted by Crippen LogP contribution is 2.12. The molecular weight excluding hydrogens is 526 g/mol. The van der Waals surface area contributed by atoms with Crippen molar-refractivity contribution in [2.45, 2.75) is 141 Å². The van der Waals surface area contributed by atoms with Crippen molar-refractivity contribution in [2.24, 2.45) is 0 Å². The van der Waals surface area contributed by atoms with Crippen LogP contribution in [-0.4, -0.2) is 53.1 Å². The van der Waals surface area contributed by atoms with Gasteiger partial charge in [-0.15, -0.1) is 0 Å². The lowest BCUT2D eigenvalue weighted by Crippen LogP contribution is -2.50. The monoisotopic (exact) mass is 583 g/mol. The van der Waals surface area contributed by atoms with E-state index < -0.39 is 40.0 Å². The third kappa shape index (κ3) is 25.2. The third-order valence-corrected chi connectivity index (χ3v) is 7.44. The Bertz CT molecular complexity index is 834. The van der Waals surface area contributed by atoms with Crippen LogP contribution in [0.3, 0.4) is 0 Å². The summed E-state index contributed by atoms with van der Waals surface area (Å²) < 4.78 is 32.1. The summed E-state index contributed by atoms with van der Waals surface area (Å²) in [5.41, 5.74) is 0. The molecule has 0 heterocycles. The molecule has 4 N–H and O–H groups in total. The van der Waals surface area contributed by atoms with E-state index in [0.29, 0.717) is 12.8 Å². The van der Waals surface area contributed by atoms with Gasteiger partial charge >= 0.3 is 0 Å². The van der Waals surface area contributed by atoms with Crippen LogP contribution >= 0.6 is 0 Å². The molecule has 232 valence electrons. The Morgan fingerprint density at radius 3 is 1.80 bits per heavy atom. The molecule has 0 aromatic carbocycles. The zero-order valence-corrected chi connectivity index (χ0v) is 25.9. The molecule has 0 bridgehead atoms. The molecule has 1 amide bonds. The van der Waals surface area contributed by atoms with Crippen LogP contribution in [0.4, 0.5) is 0 Å². The second kappa shape index (κ2) is 26.2. The molecule has 0 radical (unpaired) electrons. The van der Waals surface area contributed by atoms with Crippen molar-refractivity contribution in [2.75, 3.05) is 5.75 Å². The lowest BCUT2D eigenvalue weighted by Gasteiger charge is -2.22. The summed E-state index contributed by atoms with van der Waals surface area (Å²) in [5, 5.41) is 23.1. The molecule has 0 spiro atoms.